The van der Waals surface area contributed by atoms with E-state index < -0.39 is 35.4 Å². The van der Waals surface area contributed by atoms with Crippen LogP contribution in [0.3, 0.4) is 0 Å². The molecule has 0 bridgehead atoms. The van der Waals surface area contributed by atoms with Crippen LogP contribution in [0, 0.1) is 13.8 Å². The number of thioether (sulfide) groups is 1. The van der Waals surface area contributed by atoms with E-state index in [0.717, 1.165) is 16.3 Å². The average molecular weight is 587 g/mol. The minimum atomic E-state index is -1.26. The number of fused-ring (bicyclic) bond motifs is 1. The highest BCUT2D eigenvalue weighted by molar-refractivity contribution is 7.99. The van der Waals surface area contributed by atoms with Gasteiger partial charge in [0.15, 0.2) is 6.04 Å². The topological polar surface area (TPSA) is 94.2 Å². The average Bonchev–Trinajstić information content (AvgIpc) is 3.12. The van der Waals surface area contributed by atoms with Gasteiger partial charge in [0.05, 0.1) is 7.11 Å². The third-order valence-corrected chi connectivity index (χ3v) is 7.97. The molecule has 0 saturated carbocycles. The lowest BCUT2D eigenvalue weighted by molar-refractivity contribution is -0.145. The second-order valence-electron chi connectivity index (χ2n) is 11.3. The van der Waals surface area contributed by atoms with Crippen molar-refractivity contribution in [2.45, 2.75) is 77.5 Å². The maximum absolute atomic E-state index is 13.1. The summed E-state index contributed by atoms with van der Waals surface area (Å²) in [5, 5.41) is 4.68. The number of rotatable bonds is 7. The van der Waals surface area contributed by atoms with E-state index in [1.165, 1.54) is 39.4 Å². The van der Waals surface area contributed by atoms with E-state index in [1.54, 1.807) is 52.9 Å². The van der Waals surface area contributed by atoms with Crippen LogP contribution in [-0.2, 0) is 19.0 Å². The van der Waals surface area contributed by atoms with Crippen molar-refractivity contribution >= 4 is 62.7 Å². The predicted molar refractivity (Wildman–Crippen MR) is 162 cm³/mol. The molecule has 2 amide bonds. The van der Waals surface area contributed by atoms with E-state index in [0.29, 0.717) is 4.90 Å². The number of imide groups is 1. The van der Waals surface area contributed by atoms with E-state index in [2.05, 4.69) is 37.4 Å². The van der Waals surface area contributed by atoms with Crippen molar-refractivity contribution in [3.63, 3.8) is 0 Å². The maximum Gasteiger partial charge on any atom is 0.420 e. The number of aryl methyl sites for hydroxylation is 2. The molecule has 0 fully saturated rings. The molecule has 1 aromatic heterocycles. The normalized spacial score (nSPS) is 12.5. The molecule has 8 nitrogen and oxygen atoms in total. The molecule has 40 heavy (non-hydrogen) atoms. The summed E-state index contributed by atoms with van der Waals surface area (Å²) in [7, 11) is 1.21. The zero-order chi connectivity index (χ0) is 29.8. The van der Waals surface area contributed by atoms with E-state index in [-0.39, 0.29) is 5.75 Å². The molecule has 1 atom stereocenters. The summed E-state index contributed by atoms with van der Waals surface area (Å²) >= 11 is 3.10. The number of benzene rings is 2. The third-order valence-electron chi connectivity index (χ3n) is 5.69. The highest BCUT2D eigenvalue weighted by Gasteiger charge is 2.41. The van der Waals surface area contributed by atoms with Crippen LogP contribution in [0.4, 0.5) is 21.0 Å². The Balaban J connectivity index is 1.77. The van der Waals surface area contributed by atoms with Crippen molar-refractivity contribution < 1.29 is 28.6 Å². The number of nitrogens with zero attached hydrogens (tertiary/aromatic N) is 1. The molecule has 1 unspecified atom stereocenters. The molecule has 0 saturated heterocycles. The molecule has 3 rings (SSSR count). The van der Waals surface area contributed by atoms with Gasteiger partial charge in [-0.1, -0.05) is 0 Å². The van der Waals surface area contributed by atoms with Crippen molar-refractivity contribution in [2.24, 2.45) is 0 Å². The first kappa shape index (κ1) is 31.3. The van der Waals surface area contributed by atoms with Crippen LogP contribution < -0.4 is 5.32 Å². The van der Waals surface area contributed by atoms with Crippen molar-refractivity contribution in [1.82, 2.24) is 4.90 Å². The number of ether oxygens (including phenoxy) is 3. The fourth-order valence-corrected chi connectivity index (χ4v) is 5.75. The van der Waals surface area contributed by atoms with Crippen LogP contribution in [0.1, 0.15) is 52.0 Å². The smallest absolute Gasteiger partial charge is 0.420 e. The molecule has 0 aliphatic heterocycles. The Morgan fingerprint density at radius 1 is 0.900 bits per heavy atom. The highest BCUT2D eigenvalue weighted by Crippen LogP contribution is 2.33. The first-order valence-electron chi connectivity index (χ1n) is 12.9. The van der Waals surface area contributed by atoms with Crippen LogP contribution in [0.5, 0.6) is 0 Å². The number of amides is 2. The quantitative estimate of drug-likeness (QED) is 0.169. The Labute approximate surface area is 244 Å². The van der Waals surface area contributed by atoms with Crippen LogP contribution in [0.25, 0.3) is 10.1 Å². The second kappa shape index (κ2) is 12.5. The first-order valence-corrected chi connectivity index (χ1v) is 14.7. The Morgan fingerprint density at radius 2 is 1.45 bits per heavy atom. The summed E-state index contributed by atoms with van der Waals surface area (Å²) in [5.74, 6) is -0.706. The van der Waals surface area contributed by atoms with Gasteiger partial charge in [-0.15, -0.1) is 23.1 Å². The molecule has 0 aliphatic carbocycles. The maximum atomic E-state index is 13.1. The predicted octanol–water partition coefficient (Wildman–Crippen LogP) is 8.07. The van der Waals surface area contributed by atoms with Crippen molar-refractivity contribution in [3.05, 3.63) is 52.9 Å². The van der Waals surface area contributed by atoms with Gasteiger partial charge >= 0.3 is 18.2 Å². The number of thiophene rings is 1. The number of hydrogen-bond donors (Lipinski definition) is 1. The summed E-state index contributed by atoms with van der Waals surface area (Å²) in [4.78, 5) is 41.8. The number of anilines is 2. The molecular weight excluding hydrogens is 548 g/mol. The van der Waals surface area contributed by atoms with Crippen molar-refractivity contribution in [2.75, 3.05) is 18.2 Å². The van der Waals surface area contributed by atoms with E-state index in [1.807, 2.05) is 24.3 Å². The lowest BCUT2D eigenvalue weighted by Crippen LogP contribution is -2.53. The fraction of sp³-hybridized carbons (Fsp3) is 0.433. The van der Waals surface area contributed by atoms with Crippen LogP contribution in [0.2, 0.25) is 0 Å². The Hall–Kier alpha value is -3.24. The molecule has 3 aromatic rings. The van der Waals surface area contributed by atoms with Gasteiger partial charge in [-0.3, -0.25) is 0 Å². The molecule has 1 N–H and O–H groups in total. The van der Waals surface area contributed by atoms with Crippen molar-refractivity contribution in [1.29, 1.82) is 0 Å². The summed E-state index contributed by atoms with van der Waals surface area (Å²) in [6.45, 7) is 14.3. The van der Waals surface area contributed by atoms with Crippen LogP contribution in [0.15, 0.2) is 47.4 Å². The number of esters is 1. The number of methoxy groups -OCH3 is 1. The van der Waals surface area contributed by atoms with Gasteiger partial charge in [0.25, 0.3) is 0 Å². The monoisotopic (exact) mass is 586 g/mol. The second-order valence-corrected chi connectivity index (χ2v) is 13.7. The first-order chi connectivity index (χ1) is 18.6. The summed E-state index contributed by atoms with van der Waals surface area (Å²) in [5.41, 5.74) is 1.41. The summed E-state index contributed by atoms with van der Waals surface area (Å²) in [6, 6.07) is 12.8. The fourth-order valence-electron chi connectivity index (χ4n) is 3.73. The van der Waals surface area contributed by atoms with Gasteiger partial charge in [-0.25, -0.2) is 14.4 Å². The van der Waals surface area contributed by atoms with Crippen LogP contribution >= 0.6 is 23.1 Å². The van der Waals surface area contributed by atoms with Crippen LogP contribution in [-0.4, -0.2) is 53.2 Å². The number of nitrogens with one attached hydrogen (secondary N) is 1. The van der Waals surface area contributed by atoms with Gasteiger partial charge in [0, 0.05) is 31.6 Å². The largest absolute Gasteiger partial charge is 0.467 e. The summed E-state index contributed by atoms with van der Waals surface area (Å²) < 4.78 is 17.1. The SMILES string of the molecule is COC(=O)C(CSc1ccc(Nc2ccc3sc(C)c(C)c3c2)cc1)N(C(=O)OC(C)(C)C)C(=O)OC(C)(C)C. The molecule has 1 heterocycles. The molecule has 0 aliphatic rings. The number of carbonyl (C=O) groups excluding carboxylic acids is 3. The molecule has 0 radical (unpaired) electrons. The standard InChI is InChI=1S/C30H38N2O6S2/c1-18-19(2)40-25-15-12-21(16-23(18)25)31-20-10-13-22(14-11-20)39-17-24(26(33)36-9)32(27(34)37-29(3,4)5)28(35)38-30(6,7)8/h10-16,24,31H,17H2,1-9H3. The zero-order valence-electron chi connectivity index (χ0n) is 24.5. The van der Waals surface area contributed by atoms with Gasteiger partial charge in [0.2, 0.25) is 0 Å². The molecule has 216 valence electrons. The molecule has 0 spiro atoms. The zero-order valence-corrected chi connectivity index (χ0v) is 26.2. The van der Waals surface area contributed by atoms with Gasteiger partial charge in [0.1, 0.15) is 11.2 Å². The molecule has 10 heteroatoms. The van der Waals surface area contributed by atoms with Gasteiger partial charge < -0.3 is 19.5 Å². The minimum Gasteiger partial charge on any atom is -0.467 e. The Morgan fingerprint density at radius 3 is 1.98 bits per heavy atom. The van der Waals surface area contributed by atoms with Gasteiger partial charge in [-0.05, 0) is 109 Å². The Kier molecular flexibility index (Phi) is 9.79. The third kappa shape index (κ3) is 8.38. The minimum absolute atomic E-state index is 0.0470. The van der Waals surface area contributed by atoms with E-state index in [4.69, 9.17) is 14.2 Å². The lowest BCUT2D eigenvalue weighted by atomic mass is 10.1. The number of hydrogen-bond acceptors (Lipinski definition) is 9. The molecule has 2 aromatic carbocycles. The Bertz CT molecular complexity index is 1340. The van der Waals surface area contributed by atoms with Gasteiger partial charge in [-0.2, -0.15) is 4.90 Å². The highest BCUT2D eigenvalue weighted by atomic mass is 32.2. The number of carbonyl (C=O) groups is 3. The lowest BCUT2D eigenvalue weighted by Gasteiger charge is -2.32. The van der Waals surface area contributed by atoms with E-state index >= 15 is 0 Å². The molecular formula is C30H38N2O6S2. The summed E-state index contributed by atoms with van der Waals surface area (Å²) in [6.07, 6.45) is -1.96. The van der Waals surface area contributed by atoms with E-state index in [9.17, 15) is 14.4 Å². The van der Waals surface area contributed by atoms with Crippen molar-refractivity contribution in [3.8, 4) is 0 Å².